The number of hydrogen-bond acceptors (Lipinski definition) is 5. The second-order valence-corrected chi connectivity index (χ2v) is 4.43. The summed E-state index contributed by atoms with van der Waals surface area (Å²) in [5, 5.41) is 0. The molecule has 1 atom stereocenters. The van der Waals surface area contributed by atoms with E-state index < -0.39 is 0 Å². The molecule has 1 amide bonds. The van der Waals surface area contributed by atoms with Crippen LogP contribution in [0.1, 0.15) is 34.1 Å². The van der Waals surface area contributed by atoms with E-state index in [0.717, 1.165) is 6.29 Å². The molecule has 0 saturated carbocycles. The van der Waals surface area contributed by atoms with E-state index in [0.29, 0.717) is 26.4 Å². The molecule has 0 saturated heterocycles. The number of Topliss-reactive ketones (excluding diaryl/α,β-unsaturated/α-hetero) is 1. The summed E-state index contributed by atoms with van der Waals surface area (Å²) in [6.07, 6.45) is 0.988. The van der Waals surface area contributed by atoms with Gasteiger partial charge in [-0.25, -0.2) is 0 Å². The van der Waals surface area contributed by atoms with Crippen molar-refractivity contribution < 1.29 is 23.9 Å². The highest BCUT2D eigenvalue weighted by Gasteiger charge is 2.16. The molecular weight excluding hydrogens is 274 g/mol. The van der Waals surface area contributed by atoms with E-state index in [4.69, 9.17) is 9.47 Å². The van der Waals surface area contributed by atoms with Gasteiger partial charge < -0.3 is 19.2 Å². The van der Waals surface area contributed by atoms with Crippen LogP contribution >= 0.6 is 0 Å². The van der Waals surface area contributed by atoms with Crippen molar-refractivity contribution in [2.45, 2.75) is 34.1 Å². The molecule has 124 valence electrons. The molecule has 0 fully saturated rings. The Bertz CT molecular complexity index is 294. The number of likely N-dealkylation sites (N-methyl/N-ethyl adjacent to an activating group) is 1. The van der Waals surface area contributed by atoms with Crippen molar-refractivity contribution in [1.82, 2.24) is 4.90 Å². The van der Waals surface area contributed by atoms with Crippen LogP contribution in [-0.2, 0) is 23.9 Å². The lowest BCUT2D eigenvalue weighted by Gasteiger charge is -2.20. The Morgan fingerprint density at radius 3 is 2.24 bits per heavy atom. The van der Waals surface area contributed by atoms with E-state index in [1.807, 2.05) is 13.8 Å². The van der Waals surface area contributed by atoms with Crippen molar-refractivity contribution in [3.63, 3.8) is 0 Å². The summed E-state index contributed by atoms with van der Waals surface area (Å²) in [7, 11) is 1.68. The van der Waals surface area contributed by atoms with E-state index in [9.17, 15) is 14.4 Å². The number of carbonyl (C=O) groups excluding carboxylic acids is 3. The molecule has 0 spiro atoms. The molecule has 0 bridgehead atoms. The molecular formula is C15H29NO5. The third kappa shape index (κ3) is 13.5. The van der Waals surface area contributed by atoms with Crippen LogP contribution in [0.15, 0.2) is 0 Å². The fourth-order valence-corrected chi connectivity index (χ4v) is 1.37. The Balaban J connectivity index is 0. The molecule has 0 aliphatic rings. The maximum absolute atomic E-state index is 11.7. The van der Waals surface area contributed by atoms with Crippen LogP contribution in [0, 0.1) is 5.92 Å². The summed E-state index contributed by atoms with van der Waals surface area (Å²) < 4.78 is 10.3. The number of rotatable bonds is 11. The SMILES string of the molecule is CC.CC(=O)COCCOCCN(C)C(=O)C(C)CC=O. The first kappa shape index (κ1) is 22.0. The van der Waals surface area contributed by atoms with Crippen LogP contribution in [-0.4, -0.2) is 62.9 Å². The van der Waals surface area contributed by atoms with E-state index in [1.54, 1.807) is 18.9 Å². The zero-order valence-corrected chi connectivity index (χ0v) is 13.9. The first-order chi connectivity index (χ1) is 9.99. The number of amides is 1. The number of carbonyl (C=O) groups is 3. The highest BCUT2D eigenvalue weighted by atomic mass is 16.5. The molecule has 1 unspecified atom stereocenters. The number of nitrogens with zero attached hydrogens (tertiary/aromatic N) is 1. The Kier molecular flexibility index (Phi) is 15.9. The molecule has 0 N–H and O–H groups in total. The smallest absolute Gasteiger partial charge is 0.225 e. The van der Waals surface area contributed by atoms with Gasteiger partial charge in [-0.3, -0.25) is 9.59 Å². The second-order valence-electron chi connectivity index (χ2n) is 4.43. The fourth-order valence-electron chi connectivity index (χ4n) is 1.37. The monoisotopic (exact) mass is 303 g/mol. The van der Waals surface area contributed by atoms with Gasteiger partial charge in [0.05, 0.1) is 19.8 Å². The molecule has 6 heteroatoms. The molecule has 21 heavy (non-hydrogen) atoms. The maximum atomic E-state index is 11.7. The second kappa shape index (κ2) is 15.1. The molecule has 6 nitrogen and oxygen atoms in total. The van der Waals surface area contributed by atoms with Gasteiger partial charge in [-0.1, -0.05) is 20.8 Å². The predicted molar refractivity (Wildman–Crippen MR) is 81.1 cm³/mol. The highest BCUT2D eigenvalue weighted by molar-refractivity contribution is 5.80. The molecule has 0 aromatic carbocycles. The van der Waals surface area contributed by atoms with Crippen LogP contribution in [0.2, 0.25) is 0 Å². The Hall–Kier alpha value is -1.27. The largest absolute Gasteiger partial charge is 0.377 e. The van der Waals surface area contributed by atoms with E-state index >= 15 is 0 Å². The lowest BCUT2D eigenvalue weighted by Crippen LogP contribution is -2.34. The zero-order valence-electron chi connectivity index (χ0n) is 13.9. The molecule has 0 aliphatic carbocycles. The number of aldehydes is 1. The van der Waals surface area contributed by atoms with Gasteiger partial charge in [-0.2, -0.15) is 0 Å². The minimum Gasteiger partial charge on any atom is -0.377 e. The van der Waals surface area contributed by atoms with Gasteiger partial charge in [0.25, 0.3) is 0 Å². The van der Waals surface area contributed by atoms with E-state index in [1.165, 1.54) is 6.92 Å². The lowest BCUT2D eigenvalue weighted by atomic mass is 10.1. The average Bonchev–Trinajstić information content (AvgIpc) is 2.47. The van der Waals surface area contributed by atoms with Gasteiger partial charge in [0, 0.05) is 25.9 Å². The summed E-state index contributed by atoms with van der Waals surface area (Å²) in [5.41, 5.74) is 0. The quantitative estimate of drug-likeness (QED) is 0.425. The average molecular weight is 303 g/mol. The molecule has 0 rings (SSSR count). The van der Waals surface area contributed by atoms with Crippen LogP contribution in [0.25, 0.3) is 0 Å². The lowest BCUT2D eigenvalue weighted by molar-refractivity contribution is -0.135. The minimum absolute atomic E-state index is 0.0190. The van der Waals surface area contributed by atoms with Crippen molar-refractivity contribution in [2.24, 2.45) is 5.92 Å². The maximum Gasteiger partial charge on any atom is 0.225 e. The van der Waals surface area contributed by atoms with Crippen molar-refractivity contribution >= 4 is 18.0 Å². The van der Waals surface area contributed by atoms with Crippen molar-refractivity contribution in [1.29, 1.82) is 0 Å². The van der Waals surface area contributed by atoms with Crippen LogP contribution < -0.4 is 0 Å². The van der Waals surface area contributed by atoms with E-state index in [2.05, 4.69) is 0 Å². The number of ketones is 1. The van der Waals surface area contributed by atoms with Crippen LogP contribution in [0.5, 0.6) is 0 Å². The number of hydrogen-bond donors (Lipinski definition) is 0. The zero-order chi connectivity index (χ0) is 16.7. The first-order valence-corrected chi connectivity index (χ1v) is 7.32. The van der Waals surface area contributed by atoms with Crippen LogP contribution in [0.4, 0.5) is 0 Å². The summed E-state index contributed by atoms with van der Waals surface area (Å²) in [5.74, 6) is -0.376. The summed E-state index contributed by atoms with van der Waals surface area (Å²) >= 11 is 0. The molecule has 0 aromatic heterocycles. The predicted octanol–water partition coefficient (Wildman–Crippen LogP) is 1.32. The van der Waals surface area contributed by atoms with Gasteiger partial charge in [-0.05, 0) is 6.92 Å². The number of ether oxygens (including phenoxy) is 2. The highest BCUT2D eigenvalue weighted by Crippen LogP contribution is 2.03. The van der Waals surface area contributed by atoms with Gasteiger partial charge in [0.1, 0.15) is 12.9 Å². The van der Waals surface area contributed by atoms with E-state index in [-0.39, 0.29) is 30.6 Å². The Labute approximate surface area is 127 Å². The van der Waals surface area contributed by atoms with Gasteiger partial charge in [0.2, 0.25) is 5.91 Å². The van der Waals surface area contributed by atoms with Gasteiger partial charge in [-0.15, -0.1) is 0 Å². The summed E-state index contributed by atoms with van der Waals surface area (Å²) in [6, 6.07) is 0. The third-order valence-electron chi connectivity index (χ3n) is 2.50. The fraction of sp³-hybridized carbons (Fsp3) is 0.800. The Morgan fingerprint density at radius 1 is 1.14 bits per heavy atom. The van der Waals surface area contributed by atoms with Crippen LogP contribution in [0.3, 0.4) is 0 Å². The molecule has 0 radical (unpaired) electrons. The molecule has 0 heterocycles. The summed E-state index contributed by atoms with van der Waals surface area (Å²) in [6.45, 7) is 8.91. The molecule has 0 aliphatic heterocycles. The van der Waals surface area contributed by atoms with Crippen molar-refractivity contribution in [3.05, 3.63) is 0 Å². The Morgan fingerprint density at radius 2 is 1.71 bits per heavy atom. The van der Waals surface area contributed by atoms with Gasteiger partial charge >= 0.3 is 0 Å². The summed E-state index contributed by atoms with van der Waals surface area (Å²) in [4.78, 5) is 34.2. The first-order valence-electron chi connectivity index (χ1n) is 7.32. The standard InChI is InChI=1S/C13H23NO5.C2H6/c1-11(4-6-15)13(17)14(3)5-7-18-8-9-19-10-12(2)16;1-2/h6,11H,4-5,7-10H2,1-3H3;1-2H3. The van der Waals surface area contributed by atoms with Crippen molar-refractivity contribution in [3.8, 4) is 0 Å². The normalized spacial score (nSPS) is 11.1. The van der Waals surface area contributed by atoms with Crippen molar-refractivity contribution in [2.75, 3.05) is 40.0 Å². The third-order valence-corrected chi connectivity index (χ3v) is 2.50. The minimum atomic E-state index is -0.290. The van der Waals surface area contributed by atoms with Gasteiger partial charge in [0.15, 0.2) is 5.78 Å². The molecule has 0 aromatic rings. The topological polar surface area (TPSA) is 72.9 Å².